The van der Waals surface area contributed by atoms with Crippen molar-refractivity contribution in [1.29, 1.82) is 0 Å². The van der Waals surface area contributed by atoms with Crippen LogP contribution in [0.25, 0.3) is 0 Å². The lowest BCUT2D eigenvalue weighted by Crippen LogP contribution is -2.05. The standard InChI is InChI=1S/C18H20O2/c1-2-3-12-19-16-10-7-11-17-18(16)15(13-20-17)14-8-5-4-6-9-14/h4-11,15H,2-3,12-13H2,1H3. The summed E-state index contributed by atoms with van der Waals surface area (Å²) in [4.78, 5) is 0. The molecule has 0 aromatic heterocycles. The summed E-state index contributed by atoms with van der Waals surface area (Å²) in [6.45, 7) is 3.65. The zero-order valence-electron chi connectivity index (χ0n) is 11.8. The van der Waals surface area contributed by atoms with Crippen LogP contribution >= 0.6 is 0 Å². The first-order chi connectivity index (χ1) is 9.90. The fourth-order valence-corrected chi connectivity index (χ4v) is 2.65. The van der Waals surface area contributed by atoms with Gasteiger partial charge in [-0.05, 0) is 24.1 Å². The molecule has 0 fully saturated rings. The Morgan fingerprint density at radius 2 is 1.95 bits per heavy atom. The fourth-order valence-electron chi connectivity index (χ4n) is 2.65. The third-order valence-electron chi connectivity index (χ3n) is 3.74. The molecule has 20 heavy (non-hydrogen) atoms. The van der Waals surface area contributed by atoms with E-state index < -0.39 is 0 Å². The third-order valence-corrected chi connectivity index (χ3v) is 3.74. The Kier molecular flexibility index (Phi) is 3.91. The minimum Gasteiger partial charge on any atom is -0.493 e. The molecule has 0 bridgehead atoms. The minimum atomic E-state index is 0.282. The van der Waals surface area contributed by atoms with Crippen molar-refractivity contribution in [1.82, 2.24) is 0 Å². The Bertz CT molecular complexity index is 563. The molecule has 1 atom stereocenters. The second kappa shape index (κ2) is 6.00. The van der Waals surface area contributed by atoms with E-state index in [-0.39, 0.29) is 5.92 Å². The van der Waals surface area contributed by atoms with Crippen molar-refractivity contribution in [2.24, 2.45) is 0 Å². The van der Waals surface area contributed by atoms with E-state index >= 15 is 0 Å². The lowest BCUT2D eigenvalue weighted by molar-refractivity contribution is 0.306. The molecule has 1 unspecified atom stereocenters. The molecule has 0 amide bonds. The van der Waals surface area contributed by atoms with Crippen molar-refractivity contribution in [2.75, 3.05) is 13.2 Å². The first-order valence-electron chi connectivity index (χ1n) is 7.33. The van der Waals surface area contributed by atoms with Gasteiger partial charge in [-0.15, -0.1) is 0 Å². The van der Waals surface area contributed by atoms with Gasteiger partial charge in [0.1, 0.15) is 11.5 Å². The van der Waals surface area contributed by atoms with Crippen LogP contribution in [0.4, 0.5) is 0 Å². The van der Waals surface area contributed by atoms with Crippen LogP contribution in [0.5, 0.6) is 11.5 Å². The Hall–Kier alpha value is -1.96. The maximum absolute atomic E-state index is 5.96. The second-order valence-corrected chi connectivity index (χ2v) is 5.14. The van der Waals surface area contributed by atoms with Crippen molar-refractivity contribution in [3.05, 3.63) is 59.7 Å². The lowest BCUT2D eigenvalue weighted by atomic mass is 9.92. The Morgan fingerprint density at radius 3 is 2.75 bits per heavy atom. The normalized spacial score (nSPS) is 16.6. The molecular formula is C18H20O2. The van der Waals surface area contributed by atoms with E-state index in [0.29, 0.717) is 6.61 Å². The van der Waals surface area contributed by atoms with Gasteiger partial charge in [0.25, 0.3) is 0 Å². The minimum absolute atomic E-state index is 0.282. The van der Waals surface area contributed by atoms with Crippen molar-refractivity contribution < 1.29 is 9.47 Å². The predicted octanol–water partition coefficient (Wildman–Crippen LogP) is 4.39. The first kappa shape index (κ1) is 13.0. The zero-order valence-corrected chi connectivity index (χ0v) is 11.8. The van der Waals surface area contributed by atoms with Crippen molar-refractivity contribution >= 4 is 0 Å². The summed E-state index contributed by atoms with van der Waals surface area (Å²) in [6, 6.07) is 16.6. The average Bonchev–Trinajstić information content (AvgIpc) is 2.93. The Balaban J connectivity index is 1.90. The highest BCUT2D eigenvalue weighted by Crippen LogP contribution is 2.43. The van der Waals surface area contributed by atoms with Crippen LogP contribution in [-0.4, -0.2) is 13.2 Å². The van der Waals surface area contributed by atoms with Gasteiger partial charge in [-0.25, -0.2) is 0 Å². The molecule has 2 aromatic carbocycles. The van der Waals surface area contributed by atoms with Crippen LogP contribution in [0.1, 0.15) is 36.8 Å². The molecule has 2 nitrogen and oxygen atoms in total. The number of hydrogen-bond donors (Lipinski definition) is 0. The van der Waals surface area contributed by atoms with Gasteiger partial charge < -0.3 is 9.47 Å². The van der Waals surface area contributed by atoms with Crippen LogP contribution in [0.15, 0.2) is 48.5 Å². The van der Waals surface area contributed by atoms with Gasteiger partial charge in [0, 0.05) is 5.56 Å². The largest absolute Gasteiger partial charge is 0.493 e. The van der Waals surface area contributed by atoms with E-state index in [0.717, 1.165) is 30.9 Å². The molecule has 1 aliphatic heterocycles. The molecule has 0 radical (unpaired) electrons. The molecule has 0 aliphatic carbocycles. The average molecular weight is 268 g/mol. The highest BCUT2D eigenvalue weighted by molar-refractivity contribution is 5.53. The van der Waals surface area contributed by atoms with Gasteiger partial charge in [-0.3, -0.25) is 0 Å². The smallest absolute Gasteiger partial charge is 0.126 e. The number of fused-ring (bicyclic) bond motifs is 1. The van der Waals surface area contributed by atoms with Crippen molar-refractivity contribution in [3.8, 4) is 11.5 Å². The number of unbranched alkanes of at least 4 members (excludes halogenated alkanes) is 1. The topological polar surface area (TPSA) is 18.5 Å². The van der Waals surface area contributed by atoms with E-state index in [2.05, 4.69) is 37.3 Å². The maximum Gasteiger partial charge on any atom is 0.126 e. The summed E-state index contributed by atoms with van der Waals surface area (Å²) in [5, 5.41) is 0. The van der Waals surface area contributed by atoms with E-state index in [1.165, 1.54) is 11.1 Å². The van der Waals surface area contributed by atoms with E-state index in [4.69, 9.17) is 9.47 Å². The van der Waals surface area contributed by atoms with Gasteiger partial charge in [-0.1, -0.05) is 49.7 Å². The van der Waals surface area contributed by atoms with Crippen LogP contribution in [0.3, 0.4) is 0 Å². The third kappa shape index (κ3) is 2.51. The van der Waals surface area contributed by atoms with Gasteiger partial charge in [0.05, 0.1) is 19.1 Å². The number of rotatable bonds is 5. The molecule has 1 heterocycles. The monoisotopic (exact) mass is 268 g/mol. The predicted molar refractivity (Wildman–Crippen MR) is 80.6 cm³/mol. The summed E-state index contributed by atoms with van der Waals surface area (Å²) in [5.41, 5.74) is 2.49. The molecule has 2 heteroatoms. The van der Waals surface area contributed by atoms with E-state index in [9.17, 15) is 0 Å². The van der Waals surface area contributed by atoms with Gasteiger partial charge in [0.2, 0.25) is 0 Å². The van der Waals surface area contributed by atoms with Gasteiger partial charge >= 0.3 is 0 Å². The van der Waals surface area contributed by atoms with Crippen LogP contribution in [0, 0.1) is 0 Å². The number of ether oxygens (including phenoxy) is 2. The van der Waals surface area contributed by atoms with E-state index in [1.54, 1.807) is 0 Å². The molecule has 2 aromatic rings. The number of hydrogen-bond acceptors (Lipinski definition) is 2. The summed E-state index contributed by atoms with van der Waals surface area (Å²) in [7, 11) is 0. The number of benzene rings is 2. The van der Waals surface area contributed by atoms with Gasteiger partial charge in [0.15, 0.2) is 0 Å². The highest BCUT2D eigenvalue weighted by atomic mass is 16.5. The highest BCUT2D eigenvalue weighted by Gasteiger charge is 2.29. The van der Waals surface area contributed by atoms with Crippen molar-refractivity contribution in [3.63, 3.8) is 0 Å². The lowest BCUT2D eigenvalue weighted by Gasteiger charge is -2.14. The summed E-state index contributed by atoms with van der Waals surface area (Å²) in [6.07, 6.45) is 2.23. The molecule has 0 saturated heterocycles. The van der Waals surface area contributed by atoms with Gasteiger partial charge in [-0.2, -0.15) is 0 Å². The maximum atomic E-state index is 5.96. The molecule has 0 saturated carbocycles. The van der Waals surface area contributed by atoms with Crippen LogP contribution < -0.4 is 9.47 Å². The second-order valence-electron chi connectivity index (χ2n) is 5.14. The Labute approximate surface area is 120 Å². The first-order valence-corrected chi connectivity index (χ1v) is 7.33. The summed E-state index contributed by atoms with van der Waals surface area (Å²) >= 11 is 0. The summed E-state index contributed by atoms with van der Waals surface area (Å²) < 4.78 is 11.8. The van der Waals surface area contributed by atoms with Crippen LogP contribution in [0.2, 0.25) is 0 Å². The molecular weight excluding hydrogens is 248 g/mol. The molecule has 0 N–H and O–H groups in total. The molecule has 104 valence electrons. The Morgan fingerprint density at radius 1 is 1.10 bits per heavy atom. The molecule has 0 spiro atoms. The van der Waals surface area contributed by atoms with Crippen LogP contribution in [-0.2, 0) is 0 Å². The van der Waals surface area contributed by atoms with E-state index in [1.807, 2.05) is 18.2 Å². The molecule has 3 rings (SSSR count). The fraction of sp³-hybridized carbons (Fsp3) is 0.333. The zero-order chi connectivity index (χ0) is 13.8. The molecule has 1 aliphatic rings. The SMILES string of the molecule is CCCCOc1cccc2c1C(c1ccccc1)CO2. The van der Waals surface area contributed by atoms with Crippen molar-refractivity contribution in [2.45, 2.75) is 25.7 Å². The quantitative estimate of drug-likeness (QED) is 0.749. The summed E-state index contributed by atoms with van der Waals surface area (Å²) in [5.74, 6) is 2.22.